The average Bonchev–Trinajstić information content (AvgIpc) is 2.42. The fourth-order valence-electron chi connectivity index (χ4n) is 1.52. The van der Waals surface area contributed by atoms with Crippen molar-refractivity contribution in [3.05, 3.63) is 37.0 Å². The van der Waals surface area contributed by atoms with E-state index in [1.807, 2.05) is 13.0 Å². The molecule has 2 N–H and O–H groups in total. The zero-order chi connectivity index (χ0) is 16.3. The van der Waals surface area contributed by atoms with Gasteiger partial charge < -0.3 is 10.2 Å². The van der Waals surface area contributed by atoms with Crippen LogP contribution in [0.5, 0.6) is 0 Å². The maximum atomic E-state index is 10.2. The summed E-state index contributed by atoms with van der Waals surface area (Å²) in [5.41, 5.74) is 0. The minimum atomic E-state index is -0.914. The Morgan fingerprint density at radius 2 is 1.52 bits per heavy atom. The highest BCUT2D eigenvalue weighted by atomic mass is 16.4. The molecular weight excluding hydrogens is 268 g/mol. The second kappa shape index (κ2) is 18.2. The van der Waals surface area contributed by atoms with Crippen LogP contribution >= 0.6 is 0 Å². The summed E-state index contributed by atoms with van der Waals surface area (Å²) in [5.74, 6) is -1.59. The highest BCUT2D eigenvalue weighted by Gasteiger charge is 1.95. The van der Waals surface area contributed by atoms with Crippen LogP contribution in [0.3, 0.4) is 0 Å². The molecule has 0 bridgehead atoms. The number of carboxylic acids is 2. The van der Waals surface area contributed by atoms with E-state index < -0.39 is 11.9 Å². The highest BCUT2D eigenvalue weighted by Crippen LogP contribution is 2.08. The molecule has 4 heteroatoms. The normalized spacial score (nSPS) is 10.3. The number of rotatable bonds is 11. The topological polar surface area (TPSA) is 74.6 Å². The van der Waals surface area contributed by atoms with Crippen LogP contribution in [0.15, 0.2) is 37.0 Å². The van der Waals surface area contributed by atoms with E-state index in [2.05, 4.69) is 6.58 Å². The van der Waals surface area contributed by atoms with E-state index in [4.69, 9.17) is 10.2 Å². The molecule has 0 aliphatic heterocycles. The molecule has 0 aromatic carbocycles. The van der Waals surface area contributed by atoms with Gasteiger partial charge in [-0.25, -0.2) is 4.79 Å². The molecule has 120 valence electrons. The van der Waals surface area contributed by atoms with E-state index in [-0.39, 0.29) is 0 Å². The van der Waals surface area contributed by atoms with Gasteiger partial charge in [-0.2, -0.15) is 0 Å². The van der Waals surface area contributed by atoms with Gasteiger partial charge in [0.25, 0.3) is 0 Å². The predicted octanol–water partition coefficient (Wildman–Crippen LogP) is 4.58. The molecule has 4 nitrogen and oxygen atoms in total. The lowest BCUT2D eigenvalue weighted by atomic mass is 10.1. The zero-order valence-corrected chi connectivity index (χ0v) is 13.0. The Hall–Kier alpha value is -1.84. The minimum absolute atomic E-state index is 0.326. The third-order valence-corrected chi connectivity index (χ3v) is 2.59. The molecule has 0 spiro atoms. The summed E-state index contributed by atoms with van der Waals surface area (Å²) in [5, 5.41) is 16.4. The van der Waals surface area contributed by atoms with Crippen molar-refractivity contribution in [2.75, 3.05) is 0 Å². The lowest BCUT2D eigenvalue weighted by molar-refractivity contribution is -0.137. The fourth-order valence-corrected chi connectivity index (χ4v) is 1.52. The van der Waals surface area contributed by atoms with Crippen molar-refractivity contribution >= 4 is 11.9 Å². The molecule has 0 radical (unpaired) electrons. The molecule has 0 atom stereocenters. The minimum Gasteiger partial charge on any atom is -0.481 e. The number of hydrogen-bond acceptors (Lipinski definition) is 2. The van der Waals surface area contributed by atoms with Crippen molar-refractivity contribution in [1.82, 2.24) is 0 Å². The molecule has 0 aliphatic rings. The van der Waals surface area contributed by atoms with Crippen molar-refractivity contribution in [2.45, 2.75) is 58.3 Å². The molecule has 0 aromatic rings. The Kier molecular flexibility index (Phi) is 18.6. The molecule has 0 unspecified atom stereocenters. The molecule has 0 heterocycles. The van der Waals surface area contributed by atoms with Gasteiger partial charge in [0.1, 0.15) is 0 Å². The van der Waals surface area contributed by atoms with Crippen LogP contribution < -0.4 is 0 Å². The third-order valence-electron chi connectivity index (χ3n) is 2.59. The average molecular weight is 296 g/mol. The monoisotopic (exact) mass is 296 g/mol. The molecule has 0 aliphatic carbocycles. The number of unbranched alkanes of at least 4 members (excludes halogenated alkanes) is 6. The van der Waals surface area contributed by atoms with Crippen LogP contribution in [0, 0.1) is 0 Å². The van der Waals surface area contributed by atoms with Gasteiger partial charge in [-0.05, 0) is 26.2 Å². The first-order valence-corrected chi connectivity index (χ1v) is 7.39. The molecule has 0 rings (SSSR count). The maximum absolute atomic E-state index is 10.2. The number of carboxylic acid groups (broad SMARTS) is 2. The fraction of sp³-hybridized carbons (Fsp3) is 0.529. The van der Waals surface area contributed by atoms with Gasteiger partial charge in [-0.3, -0.25) is 4.79 Å². The van der Waals surface area contributed by atoms with E-state index in [9.17, 15) is 9.59 Å². The zero-order valence-electron chi connectivity index (χ0n) is 13.0. The van der Waals surface area contributed by atoms with Gasteiger partial charge in [0.2, 0.25) is 0 Å². The summed E-state index contributed by atoms with van der Waals surface area (Å²) in [6.45, 7) is 5.49. The summed E-state index contributed by atoms with van der Waals surface area (Å²) in [7, 11) is 0. The SMILES string of the molecule is C/C=C/C=C/C(=O)O.C=CCCCCCCCCC(=O)O. The standard InChI is InChI=1S/C11H20O2.C6H8O2/c1-2-3-4-5-6-7-8-9-10-11(12)13;1-2-3-4-5-6(7)8/h2H,1,3-10H2,(H,12,13);2-5H,1H3,(H,7,8)/b;3-2+,5-4+. The van der Waals surface area contributed by atoms with Crippen LogP contribution in [-0.4, -0.2) is 22.2 Å². The molecular formula is C17H28O4. The Morgan fingerprint density at radius 1 is 0.952 bits per heavy atom. The maximum Gasteiger partial charge on any atom is 0.328 e. The van der Waals surface area contributed by atoms with Gasteiger partial charge in [0.05, 0.1) is 0 Å². The smallest absolute Gasteiger partial charge is 0.328 e. The summed E-state index contributed by atoms with van der Waals surface area (Å²) in [4.78, 5) is 19.9. The van der Waals surface area contributed by atoms with Crippen LogP contribution in [0.25, 0.3) is 0 Å². The van der Waals surface area contributed by atoms with Gasteiger partial charge in [-0.1, -0.05) is 50.0 Å². The molecule has 0 amide bonds. The van der Waals surface area contributed by atoms with Crippen LogP contribution in [0.1, 0.15) is 58.3 Å². The number of hydrogen-bond donors (Lipinski definition) is 2. The number of carbonyl (C=O) groups is 2. The Balaban J connectivity index is 0. The van der Waals surface area contributed by atoms with Crippen LogP contribution in [-0.2, 0) is 9.59 Å². The summed E-state index contributed by atoms with van der Waals surface area (Å²) in [6.07, 6.45) is 16.1. The van der Waals surface area contributed by atoms with Crippen molar-refractivity contribution in [1.29, 1.82) is 0 Å². The summed E-state index contributed by atoms with van der Waals surface area (Å²) >= 11 is 0. The predicted molar refractivity (Wildman–Crippen MR) is 86.4 cm³/mol. The van der Waals surface area contributed by atoms with Crippen molar-refractivity contribution in [3.63, 3.8) is 0 Å². The lowest BCUT2D eigenvalue weighted by Gasteiger charge is -1.98. The quantitative estimate of drug-likeness (QED) is 0.253. The Bertz CT molecular complexity index is 330. The first-order chi connectivity index (χ1) is 10.0. The highest BCUT2D eigenvalue weighted by molar-refractivity contribution is 5.80. The van der Waals surface area contributed by atoms with Crippen molar-refractivity contribution in [3.8, 4) is 0 Å². The van der Waals surface area contributed by atoms with Gasteiger partial charge in [-0.15, -0.1) is 6.58 Å². The second-order valence-electron chi connectivity index (χ2n) is 4.57. The molecule has 21 heavy (non-hydrogen) atoms. The van der Waals surface area contributed by atoms with Gasteiger partial charge in [0.15, 0.2) is 0 Å². The Morgan fingerprint density at radius 3 is 2.00 bits per heavy atom. The van der Waals surface area contributed by atoms with Gasteiger partial charge >= 0.3 is 11.9 Å². The second-order valence-corrected chi connectivity index (χ2v) is 4.57. The van der Waals surface area contributed by atoms with Crippen LogP contribution in [0.2, 0.25) is 0 Å². The molecule has 0 aromatic heterocycles. The first kappa shape index (κ1) is 21.5. The Labute approximate surface area is 127 Å². The molecule has 0 saturated carbocycles. The van der Waals surface area contributed by atoms with E-state index in [1.165, 1.54) is 31.8 Å². The van der Waals surface area contributed by atoms with Gasteiger partial charge in [0, 0.05) is 12.5 Å². The first-order valence-electron chi connectivity index (χ1n) is 7.39. The summed E-state index contributed by atoms with van der Waals surface area (Å²) < 4.78 is 0. The number of aliphatic carboxylic acids is 2. The van der Waals surface area contributed by atoms with Crippen molar-refractivity contribution in [2.24, 2.45) is 0 Å². The third kappa shape index (κ3) is 27.4. The number of allylic oxidation sites excluding steroid dienone is 4. The van der Waals surface area contributed by atoms with E-state index in [1.54, 1.807) is 12.2 Å². The largest absolute Gasteiger partial charge is 0.481 e. The van der Waals surface area contributed by atoms with E-state index >= 15 is 0 Å². The van der Waals surface area contributed by atoms with Crippen molar-refractivity contribution < 1.29 is 19.8 Å². The molecule has 0 fully saturated rings. The molecule has 0 saturated heterocycles. The van der Waals surface area contributed by atoms with E-state index in [0.29, 0.717) is 6.42 Å². The summed E-state index contributed by atoms with van der Waals surface area (Å²) in [6, 6.07) is 0. The van der Waals surface area contributed by atoms with Crippen LogP contribution in [0.4, 0.5) is 0 Å². The van der Waals surface area contributed by atoms with E-state index in [0.717, 1.165) is 25.3 Å². The lowest BCUT2D eigenvalue weighted by Crippen LogP contribution is -1.93.